The van der Waals surface area contributed by atoms with Gasteiger partial charge in [-0.25, -0.2) is 4.98 Å². The van der Waals surface area contributed by atoms with Crippen molar-refractivity contribution in [3.05, 3.63) is 39.9 Å². The van der Waals surface area contributed by atoms with E-state index in [9.17, 15) is 9.59 Å². The highest BCUT2D eigenvalue weighted by Crippen LogP contribution is 2.24. The van der Waals surface area contributed by atoms with E-state index in [4.69, 9.17) is 9.84 Å². The monoisotopic (exact) mass is 377 g/mol. The predicted octanol–water partition coefficient (Wildman–Crippen LogP) is 3.22. The first-order valence-electron chi connectivity index (χ1n) is 8.27. The molecule has 2 aromatic rings. The molecule has 0 aliphatic rings. The van der Waals surface area contributed by atoms with Gasteiger partial charge in [0.25, 0.3) is 5.91 Å². The highest BCUT2D eigenvalue weighted by Gasteiger charge is 2.14. The summed E-state index contributed by atoms with van der Waals surface area (Å²) in [6.07, 6.45) is -0.00954. The van der Waals surface area contributed by atoms with Crippen LogP contribution in [0.15, 0.2) is 18.2 Å². The molecule has 1 heterocycles. The lowest BCUT2D eigenvalue weighted by Crippen LogP contribution is -2.16. The van der Waals surface area contributed by atoms with Crippen molar-refractivity contribution in [1.29, 1.82) is 0 Å². The molecular formula is C18H23N3O4S. The maximum Gasteiger partial charge on any atom is 0.305 e. The van der Waals surface area contributed by atoms with Gasteiger partial charge in [0.05, 0.1) is 25.3 Å². The van der Waals surface area contributed by atoms with Gasteiger partial charge in [0.1, 0.15) is 0 Å². The van der Waals surface area contributed by atoms with Crippen molar-refractivity contribution < 1.29 is 19.4 Å². The molecule has 1 amide bonds. The molecule has 7 nitrogen and oxygen atoms in total. The summed E-state index contributed by atoms with van der Waals surface area (Å²) in [6, 6.07) is 5.47. The fraction of sp³-hybridized carbons (Fsp3) is 0.389. The fourth-order valence-corrected chi connectivity index (χ4v) is 3.09. The number of amides is 1. The first kappa shape index (κ1) is 19.9. The van der Waals surface area contributed by atoms with E-state index < -0.39 is 5.97 Å². The number of carboxylic acids is 1. The number of nitrogens with zero attached hydrogens (tertiary/aromatic N) is 1. The maximum atomic E-state index is 12.5. The van der Waals surface area contributed by atoms with Gasteiger partial charge in [-0.1, -0.05) is 6.07 Å². The van der Waals surface area contributed by atoms with E-state index in [0.717, 1.165) is 21.8 Å². The molecule has 0 saturated heterocycles. The molecule has 0 spiro atoms. The molecule has 3 N–H and O–H groups in total. The van der Waals surface area contributed by atoms with E-state index in [0.29, 0.717) is 23.8 Å². The molecule has 0 aliphatic carbocycles. The molecule has 0 unspecified atom stereocenters. The number of hydrogen-bond donors (Lipinski definition) is 3. The van der Waals surface area contributed by atoms with Gasteiger partial charge in [-0.3, -0.25) is 14.9 Å². The highest BCUT2D eigenvalue weighted by molar-refractivity contribution is 7.15. The Labute approximate surface area is 156 Å². The Bertz CT molecular complexity index is 769. The van der Waals surface area contributed by atoms with Crippen molar-refractivity contribution in [2.24, 2.45) is 0 Å². The highest BCUT2D eigenvalue weighted by atomic mass is 32.1. The molecule has 0 radical (unpaired) electrons. The zero-order chi connectivity index (χ0) is 19.1. The first-order chi connectivity index (χ1) is 12.4. The van der Waals surface area contributed by atoms with Crippen molar-refractivity contribution in [3.63, 3.8) is 0 Å². The summed E-state index contributed by atoms with van der Waals surface area (Å²) in [7, 11) is 0. The molecule has 0 fully saturated rings. The van der Waals surface area contributed by atoms with Gasteiger partial charge >= 0.3 is 5.97 Å². The number of aromatic nitrogens is 1. The van der Waals surface area contributed by atoms with E-state index >= 15 is 0 Å². The number of ether oxygens (including phenoxy) is 1. The quantitative estimate of drug-likeness (QED) is 0.580. The second-order valence-electron chi connectivity index (χ2n) is 5.78. The minimum Gasteiger partial charge on any atom is -0.481 e. The molecule has 1 aromatic carbocycles. The molecule has 8 heteroatoms. The van der Waals surface area contributed by atoms with Crippen molar-refractivity contribution in [2.75, 3.05) is 30.4 Å². The number of aliphatic carboxylic acids is 1. The number of thiazole rings is 1. The smallest absolute Gasteiger partial charge is 0.305 e. The van der Waals surface area contributed by atoms with Crippen molar-refractivity contribution in [3.8, 4) is 0 Å². The van der Waals surface area contributed by atoms with Crippen LogP contribution in [0.25, 0.3) is 0 Å². The lowest BCUT2D eigenvalue weighted by atomic mass is 10.1. The Balaban J connectivity index is 1.93. The lowest BCUT2D eigenvalue weighted by molar-refractivity contribution is -0.138. The van der Waals surface area contributed by atoms with Gasteiger partial charge < -0.3 is 15.2 Å². The van der Waals surface area contributed by atoms with Crippen molar-refractivity contribution in [1.82, 2.24) is 4.98 Å². The second kappa shape index (κ2) is 9.30. The van der Waals surface area contributed by atoms with Gasteiger partial charge in [0.2, 0.25) is 0 Å². The largest absolute Gasteiger partial charge is 0.481 e. The Hall–Kier alpha value is -2.45. The van der Waals surface area contributed by atoms with E-state index in [1.54, 1.807) is 6.07 Å². The summed E-state index contributed by atoms with van der Waals surface area (Å²) < 4.78 is 5.25. The van der Waals surface area contributed by atoms with Crippen LogP contribution in [0.2, 0.25) is 0 Å². The number of hydrogen-bond acceptors (Lipinski definition) is 6. The standard InChI is InChI=1S/C18H23N3O4S/c1-11-14(17(24)21-18-20-12(2)13(3)26-18)5-4-6-15(11)19-8-10-25-9-7-16(22)23/h4-6,19H,7-10H2,1-3H3,(H,22,23)(H,20,21,24). The summed E-state index contributed by atoms with van der Waals surface area (Å²) in [5.41, 5.74) is 3.17. The number of carbonyl (C=O) groups excluding carboxylic acids is 1. The van der Waals surface area contributed by atoms with E-state index in [1.807, 2.05) is 32.9 Å². The number of anilines is 2. The van der Waals surface area contributed by atoms with E-state index in [2.05, 4.69) is 15.6 Å². The number of carbonyl (C=O) groups is 2. The third kappa shape index (κ3) is 5.53. The van der Waals surface area contributed by atoms with Crippen molar-refractivity contribution in [2.45, 2.75) is 27.2 Å². The molecule has 140 valence electrons. The molecular weight excluding hydrogens is 354 g/mol. The van der Waals surface area contributed by atoms with Crippen molar-refractivity contribution >= 4 is 34.0 Å². The van der Waals surface area contributed by atoms with Crippen LogP contribution in [-0.4, -0.2) is 41.7 Å². The molecule has 0 bridgehead atoms. The Morgan fingerprint density at radius 1 is 1.23 bits per heavy atom. The zero-order valence-corrected chi connectivity index (χ0v) is 15.9. The van der Waals surface area contributed by atoms with Crippen LogP contribution < -0.4 is 10.6 Å². The van der Waals surface area contributed by atoms with Gasteiger partial charge in [0.15, 0.2) is 5.13 Å². The number of rotatable bonds is 9. The third-order valence-electron chi connectivity index (χ3n) is 3.85. The summed E-state index contributed by atoms with van der Waals surface area (Å²) in [5.74, 6) is -1.07. The van der Waals surface area contributed by atoms with E-state index in [-0.39, 0.29) is 18.9 Å². The summed E-state index contributed by atoms with van der Waals surface area (Å²) >= 11 is 1.45. The second-order valence-corrected chi connectivity index (χ2v) is 6.98. The zero-order valence-electron chi connectivity index (χ0n) is 15.1. The number of aryl methyl sites for hydroxylation is 2. The minimum atomic E-state index is -0.877. The summed E-state index contributed by atoms with van der Waals surface area (Å²) in [6.45, 7) is 6.86. The topological polar surface area (TPSA) is 101 Å². The van der Waals surface area contributed by atoms with Crippen LogP contribution in [-0.2, 0) is 9.53 Å². The van der Waals surface area contributed by atoms with Crippen LogP contribution >= 0.6 is 11.3 Å². The van der Waals surface area contributed by atoms with Crippen LogP contribution in [0.4, 0.5) is 10.8 Å². The van der Waals surface area contributed by atoms with Crippen LogP contribution in [0.1, 0.15) is 32.9 Å². The fourth-order valence-electron chi connectivity index (χ4n) is 2.28. The Morgan fingerprint density at radius 2 is 2.00 bits per heavy atom. The summed E-state index contributed by atoms with van der Waals surface area (Å²) in [4.78, 5) is 28.4. The van der Waals surface area contributed by atoms with Crippen LogP contribution in [0.3, 0.4) is 0 Å². The predicted molar refractivity (Wildman–Crippen MR) is 102 cm³/mol. The van der Waals surface area contributed by atoms with Gasteiger partial charge in [-0.2, -0.15) is 0 Å². The molecule has 0 saturated carbocycles. The molecule has 0 atom stereocenters. The SMILES string of the molecule is Cc1nc(NC(=O)c2cccc(NCCOCCC(=O)O)c2C)sc1C. The third-order valence-corrected chi connectivity index (χ3v) is 4.84. The number of nitrogens with one attached hydrogen (secondary N) is 2. The number of benzene rings is 1. The van der Waals surface area contributed by atoms with Crippen LogP contribution in [0, 0.1) is 20.8 Å². The average molecular weight is 377 g/mol. The summed E-state index contributed by atoms with van der Waals surface area (Å²) in [5, 5.41) is 15.2. The van der Waals surface area contributed by atoms with Gasteiger partial charge in [-0.15, -0.1) is 11.3 Å². The first-order valence-corrected chi connectivity index (χ1v) is 9.08. The maximum absolute atomic E-state index is 12.5. The molecule has 0 aliphatic heterocycles. The van der Waals surface area contributed by atoms with Gasteiger partial charge in [-0.05, 0) is 38.5 Å². The molecule has 26 heavy (non-hydrogen) atoms. The normalized spacial score (nSPS) is 10.6. The number of carboxylic acid groups (broad SMARTS) is 1. The molecule has 1 aromatic heterocycles. The minimum absolute atomic E-state index is 0.00954. The van der Waals surface area contributed by atoms with E-state index in [1.165, 1.54) is 11.3 Å². The molecule has 2 rings (SSSR count). The Kier molecular flexibility index (Phi) is 7.11. The Morgan fingerprint density at radius 3 is 2.65 bits per heavy atom. The van der Waals surface area contributed by atoms with Gasteiger partial charge in [0, 0.05) is 22.7 Å². The lowest BCUT2D eigenvalue weighted by Gasteiger charge is -2.13. The van der Waals surface area contributed by atoms with Crippen LogP contribution in [0.5, 0.6) is 0 Å². The average Bonchev–Trinajstić information content (AvgIpc) is 2.89.